The van der Waals surface area contributed by atoms with E-state index in [9.17, 15) is 4.79 Å². The van der Waals surface area contributed by atoms with Crippen molar-refractivity contribution in [3.8, 4) is 0 Å². The van der Waals surface area contributed by atoms with E-state index in [0.29, 0.717) is 12.0 Å². The Morgan fingerprint density at radius 3 is 2.35 bits per heavy atom. The van der Waals surface area contributed by atoms with Crippen molar-refractivity contribution in [2.45, 2.75) is 52.2 Å². The molecule has 2 rings (SSSR count). The van der Waals surface area contributed by atoms with Gasteiger partial charge in [0.15, 0.2) is 0 Å². The summed E-state index contributed by atoms with van der Waals surface area (Å²) in [6.45, 7) is 10.1. The minimum absolute atomic E-state index is 0.0912. The SMILES string of the molecule is CC(C)N(Cc1ccccc1)CC1CCN(C(=O)[C@H](C)N)CC1. The van der Waals surface area contributed by atoms with E-state index in [0.717, 1.165) is 39.0 Å². The highest BCUT2D eigenvalue weighted by molar-refractivity contribution is 5.81. The van der Waals surface area contributed by atoms with Gasteiger partial charge in [0.2, 0.25) is 5.91 Å². The van der Waals surface area contributed by atoms with Gasteiger partial charge in [0.1, 0.15) is 0 Å². The Morgan fingerprint density at radius 1 is 1.22 bits per heavy atom. The zero-order valence-electron chi connectivity index (χ0n) is 14.7. The number of likely N-dealkylation sites (tertiary alicyclic amines) is 1. The van der Waals surface area contributed by atoms with Gasteiger partial charge in [-0.2, -0.15) is 0 Å². The van der Waals surface area contributed by atoms with Crippen molar-refractivity contribution in [3.05, 3.63) is 35.9 Å². The summed E-state index contributed by atoms with van der Waals surface area (Å²) in [7, 11) is 0. The average molecular weight is 317 g/mol. The molecule has 1 aromatic rings. The second-order valence-corrected chi connectivity index (χ2v) is 7.07. The first-order chi connectivity index (χ1) is 11.0. The summed E-state index contributed by atoms with van der Waals surface area (Å²) in [5.74, 6) is 0.756. The molecule has 0 radical (unpaired) electrons. The predicted molar refractivity (Wildman–Crippen MR) is 94.9 cm³/mol. The second-order valence-electron chi connectivity index (χ2n) is 7.07. The maximum atomic E-state index is 12.0. The van der Waals surface area contributed by atoms with Crippen LogP contribution < -0.4 is 5.73 Å². The fourth-order valence-corrected chi connectivity index (χ4v) is 3.23. The average Bonchev–Trinajstić information content (AvgIpc) is 2.55. The van der Waals surface area contributed by atoms with Crippen LogP contribution in [0.5, 0.6) is 0 Å². The van der Waals surface area contributed by atoms with E-state index in [-0.39, 0.29) is 11.9 Å². The van der Waals surface area contributed by atoms with Crippen LogP contribution in [0.1, 0.15) is 39.2 Å². The van der Waals surface area contributed by atoms with Crippen molar-refractivity contribution in [2.24, 2.45) is 11.7 Å². The van der Waals surface area contributed by atoms with Crippen LogP contribution in [0.4, 0.5) is 0 Å². The number of benzene rings is 1. The summed E-state index contributed by atoms with van der Waals surface area (Å²) in [4.78, 5) is 16.4. The number of amides is 1. The van der Waals surface area contributed by atoms with Crippen molar-refractivity contribution in [3.63, 3.8) is 0 Å². The van der Waals surface area contributed by atoms with Crippen LogP contribution in [0.15, 0.2) is 30.3 Å². The van der Waals surface area contributed by atoms with Gasteiger partial charge in [-0.25, -0.2) is 0 Å². The third kappa shape index (κ3) is 5.33. The minimum atomic E-state index is -0.378. The lowest BCUT2D eigenvalue weighted by atomic mass is 9.95. The number of hydrogen-bond acceptors (Lipinski definition) is 3. The first kappa shape index (κ1) is 18.0. The molecular formula is C19H31N3O. The molecule has 1 atom stereocenters. The molecule has 1 aromatic carbocycles. The molecule has 0 spiro atoms. The van der Waals surface area contributed by atoms with Crippen molar-refractivity contribution in [1.82, 2.24) is 9.80 Å². The van der Waals surface area contributed by atoms with Crippen molar-refractivity contribution < 1.29 is 4.79 Å². The maximum absolute atomic E-state index is 12.0. The van der Waals surface area contributed by atoms with Gasteiger partial charge in [0.05, 0.1) is 6.04 Å². The van der Waals surface area contributed by atoms with E-state index in [1.165, 1.54) is 5.56 Å². The number of carbonyl (C=O) groups excluding carboxylic acids is 1. The first-order valence-electron chi connectivity index (χ1n) is 8.79. The summed E-state index contributed by atoms with van der Waals surface area (Å²) in [6.07, 6.45) is 2.16. The lowest BCUT2D eigenvalue weighted by molar-refractivity contribution is -0.133. The van der Waals surface area contributed by atoms with E-state index in [4.69, 9.17) is 5.73 Å². The summed E-state index contributed by atoms with van der Waals surface area (Å²) in [6, 6.07) is 10.8. The molecule has 128 valence electrons. The number of nitrogens with two attached hydrogens (primary N) is 1. The van der Waals surface area contributed by atoms with Gasteiger partial charge in [0.25, 0.3) is 0 Å². The van der Waals surface area contributed by atoms with E-state index in [1.807, 2.05) is 4.90 Å². The van der Waals surface area contributed by atoms with Crippen molar-refractivity contribution in [1.29, 1.82) is 0 Å². The number of rotatable bonds is 6. The zero-order valence-corrected chi connectivity index (χ0v) is 14.7. The van der Waals surface area contributed by atoms with Crippen LogP contribution in [-0.4, -0.2) is 47.4 Å². The first-order valence-corrected chi connectivity index (χ1v) is 8.79. The van der Waals surface area contributed by atoms with Crippen LogP contribution in [0.2, 0.25) is 0 Å². The molecule has 0 bridgehead atoms. The minimum Gasteiger partial charge on any atom is -0.341 e. The Morgan fingerprint density at radius 2 is 1.83 bits per heavy atom. The highest BCUT2D eigenvalue weighted by atomic mass is 16.2. The van der Waals surface area contributed by atoms with Crippen LogP contribution >= 0.6 is 0 Å². The van der Waals surface area contributed by atoms with E-state index in [1.54, 1.807) is 6.92 Å². The summed E-state index contributed by atoms with van der Waals surface area (Å²) in [5, 5.41) is 0. The second kappa shape index (κ2) is 8.46. The number of carbonyl (C=O) groups is 1. The Bertz CT molecular complexity index is 479. The van der Waals surface area contributed by atoms with Gasteiger partial charge >= 0.3 is 0 Å². The highest BCUT2D eigenvalue weighted by Crippen LogP contribution is 2.21. The maximum Gasteiger partial charge on any atom is 0.239 e. The van der Waals surface area contributed by atoms with Gasteiger partial charge in [-0.1, -0.05) is 30.3 Å². The van der Waals surface area contributed by atoms with Gasteiger partial charge < -0.3 is 10.6 Å². The topological polar surface area (TPSA) is 49.6 Å². The zero-order chi connectivity index (χ0) is 16.8. The Balaban J connectivity index is 1.86. The van der Waals surface area contributed by atoms with E-state index >= 15 is 0 Å². The number of hydrogen-bond donors (Lipinski definition) is 1. The van der Waals surface area contributed by atoms with Gasteiger partial charge in [-0.05, 0) is 45.1 Å². The molecule has 0 saturated carbocycles. The molecule has 23 heavy (non-hydrogen) atoms. The van der Waals surface area contributed by atoms with Crippen LogP contribution in [0.3, 0.4) is 0 Å². The molecule has 1 heterocycles. The summed E-state index contributed by atoms with van der Waals surface area (Å²) < 4.78 is 0. The van der Waals surface area contributed by atoms with Crippen molar-refractivity contribution >= 4 is 5.91 Å². The largest absolute Gasteiger partial charge is 0.341 e. The van der Waals surface area contributed by atoms with E-state index in [2.05, 4.69) is 49.1 Å². The molecule has 1 aliphatic heterocycles. The molecule has 1 fully saturated rings. The molecular weight excluding hydrogens is 286 g/mol. The molecule has 0 unspecified atom stereocenters. The molecule has 2 N–H and O–H groups in total. The van der Waals surface area contributed by atoms with Crippen LogP contribution in [0.25, 0.3) is 0 Å². The standard InChI is InChI=1S/C19H31N3O/c1-15(2)22(13-17-7-5-4-6-8-17)14-18-9-11-21(12-10-18)19(23)16(3)20/h4-8,15-16,18H,9-14,20H2,1-3H3/t16-/m0/s1. The van der Waals surface area contributed by atoms with Gasteiger partial charge in [-0.3, -0.25) is 9.69 Å². The third-order valence-corrected chi connectivity index (χ3v) is 4.77. The molecule has 4 nitrogen and oxygen atoms in total. The highest BCUT2D eigenvalue weighted by Gasteiger charge is 2.26. The Hall–Kier alpha value is -1.39. The molecule has 4 heteroatoms. The Kier molecular flexibility index (Phi) is 6.60. The van der Waals surface area contributed by atoms with Gasteiger partial charge in [-0.15, -0.1) is 0 Å². The predicted octanol–water partition coefficient (Wildman–Crippen LogP) is 2.48. The lowest BCUT2D eigenvalue weighted by Crippen LogP contribution is -2.47. The number of nitrogens with zero attached hydrogens (tertiary/aromatic N) is 2. The Labute approximate surface area is 140 Å². The molecule has 0 aliphatic carbocycles. The molecule has 0 aromatic heterocycles. The van der Waals surface area contributed by atoms with Crippen molar-refractivity contribution in [2.75, 3.05) is 19.6 Å². The number of piperidine rings is 1. The quantitative estimate of drug-likeness (QED) is 0.877. The summed E-state index contributed by atoms with van der Waals surface area (Å²) >= 11 is 0. The third-order valence-electron chi connectivity index (χ3n) is 4.77. The van der Waals surface area contributed by atoms with Crippen LogP contribution in [-0.2, 0) is 11.3 Å². The van der Waals surface area contributed by atoms with E-state index < -0.39 is 0 Å². The summed E-state index contributed by atoms with van der Waals surface area (Å²) in [5.41, 5.74) is 7.07. The van der Waals surface area contributed by atoms with Gasteiger partial charge in [0, 0.05) is 32.2 Å². The normalized spacial score (nSPS) is 17.7. The smallest absolute Gasteiger partial charge is 0.239 e. The van der Waals surface area contributed by atoms with Crippen LogP contribution in [0, 0.1) is 5.92 Å². The monoisotopic (exact) mass is 317 g/mol. The molecule has 1 saturated heterocycles. The molecule has 1 aliphatic rings. The molecule has 1 amide bonds. The lowest BCUT2D eigenvalue weighted by Gasteiger charge is -2.37. The fraction of sp³-hybridized carbons (Fsp3) is 0.632. The fourth-order valence-electron chi connectivity index (χ4n) is 3.23.